The van der Waals surface area contributed by atoms with Crippen molar-refractivity contribution >= 4 is 17.2 Å². The number of nitrogens with zero attached hydrogens (tertiary/aromatic N) is 5. The molecule has 6 nitrogen and oxygen atoms in total. The number of imidazole rings is 1. The highest BCUT2D eigenvalue weighted by molar-refractivity contribution is 7.09. The quantitative estimate of drug-likeness (QED) is 0.728. The number of aryl methyl sites for hydroxylation is 1. The summed E-state index contributed by atoms with van der Waals surface area (Å²) in [5.41, 5.74) is 1.79. The van der Waals surface area contributed by atoms with Gasteiger partial charge in [-0.25, -0.2) is 9.97 Å². The number of hydrogen-bond donors (Lipinski definition) is 0. The lowest BCUT2D eigenvalue weighted by atomic mass is 9.75. The van der Waals surface area contributed by atoms with E-state index in [0.29, 0.717) is 18.5 Å². The van der Waals surface area contributed by atoms with Crippen LogP contribution in [-0.2, 0) is 11.3 Å². The maximum atomic E-state index is 13.8. The van der Waals surface area contributed by atoms with Gasteiger partial charge >= 0.3 is 0 Å². The molecule has 2 aromatic heterocycles. The van der Waals surface area contributed by atoms with Crippen molar-refractivity contribution in [1.82, 2.24) is 24.3 Å². The Bertz CT molecular complexity index is 901. The molecule has 7 heteroatoms. The molecule has 1 spiro atoms. The number of hydrogen-bond acceptors (Lipinski definition) is 5. The van der Waals surface area contributed by atoms with Gasteiger partial charge < -0.3 is 14.4 Å². The SMILES string of the molecule is Cc1nc(CN2CC[C@]3(CN(CC4CC4)C[C@@H]3c3cn(C(C)C)cn3)C2=O)cs1. The van der Waals surface area contributed by atoms with Crippen LogP contribution in [0.5, 0.6) is 0 Å². The van der Waals surface area contributed by atoms with Gasteiger partial charge in [0.05, 0.1) is 34.7 Å². The summed E-state index contributed by atoms with van der Waals surface area (Å²) in [6, 6.07) is 0.389. The van der Waals surface area contributed by atoms with Gasteiger partial charge in [0.1, 0.15) is 0 Å². The summed E-state index contributed by atoms with van der Waals surface area (Å²) >= 11 is 1.66. The van der Waals surface area contributed by atoms with Crippen LogP contribution in [0.2, 0.25) is 0 Å². The van der Waals surface area contributed by atoms with E-state index >= 15 is 0 Å². The first-order valence-corrected chi connectivity index (χ1v) is 11.8. The van der Waals surface area contributed by atoms with E-state index in [1.807, 2.05) is 18.2 Å². The molecular formula is C22H31N5OS. The van der Waals surface area contributed by atoms with Crippen molar-refractivity contribution in [3.63, 3.8) is 0 Å². The molecule has 4 heterocycles. The third-order valence-corrected chi connectivity index (χ3v) is 7.78. The molecule has 0 radical (unpaired) electrons. The normalized spacial score (nSPS) is 27.8. The number of rotatable bonds is 6. The van der Waals surface area contributed by atoms with Gasteiger partial charge in [-0.3, -0.25) is 4.79 Å². The van der Waals surface area contributed by atoms with E-state index in [-0.39, 0.29) is 11.3 Å². The molecule has 0 bridgehead atoms. The highest BCUT2D eigenvalue weighted by atomic mass is 32.1. The molecule has 2 atom stereocenters. The van der Waals surface area contributed by atoms with Gasteiger partial charge in [0.25, 0.3) is 0 Å². The van der Waals surface area contributed by atoms with Crippen molar-refractivity contribution in [2.45, 2.75) is 58.5 Å². The van der Waals surface area contributed by atoms with Crippen LogP contribution in [0, 0.1) is 18.3 Å². The summed E-state index contributed by atoms with van der Waals surface area (Å²) in [6.07, 6.45) is 7.73. The Labute approximate surface area is 176 Å². The van der Waals surface area contributed by atoms with E-state index in [2.05, 4.69) is 39.9 Å². The highest BCUT2D eigenvalue weighted by Gasteiger charge is 2.58. The molecule has 0 unspecified atom stereocenters. The summed E-state index contributed by atoms with van der Waals surface area (Å²) in [4.78, 5) is 27.7. The van der Waals surface area contributed by atoms with Gasteiger partial charge in [-0.1, -0.05) is 0 Å². The first-order chi connectivity index (χ1) is 13.9. The van der Waals surface area contributed by atoms with Gasteiger partial charge in [0.15, 0.2) is 0 Å². The number of amides is 1. The molecule has 1 saturated carbocycles. The number of carbonyl (C=O) groups excluding carboxylic acids is 1. The second-order valence-corrected chi connectivity index (χ2v) is 10.6. The van der Waals surface area contributed by atoms with Gasteiger partial charge in [-0.05, 0) is 46.0 Å². The molecule has 1 amide bonds. The second-order valence-electron chi connectivity index (χ2n) is 9.52. The van der Waals surface area contributed by atoms with E-state index in [4.69, 9.17) is 4.98 Å². The smallest absolute Gasteiger partial charge is 0.231 e. The number of aromatic nitrogens is 3. The zero-order valence-electron chi connectivity index (χ0n) is 17.7. The van der Waals surface area contributed by atoms with Crippen LogP contribution in [0.3, 0.4) is 0 Å². The molecule has 156 valence electrons. The summed E-state index contributed by atoms with van der Waals surface area (Å²) < 4.78 is 2.17. The largest absolute Gasteiger partial charge is 0.336 e. The van der Waals surface area contributed by atoms with Gasteiger partial charge in [0.2, 0.25) is 5.91 Å². The van der Waals surface area contributed by atoms with Crippen molar-refractivity contribution in [3.8, 4) is 0 Å². The molecule has 0 aromatic carbocycles. The summed E-state index contributed by atoms with van der Waals surface area (Å²) in [5, 5.41) is 3.15. The third kappa shape index (κ3) is 3.52. The van der Waals surface area contributed by atoms with Crippen LogP contribution in [0.1, 0.15) is 61.5 Å². The average molecular weight is 414 g/mol. The topological polar surface area (TPSA) is 54.3 Å². The zero-order valence-corrected chi connectivity index (χ0v) is 18.5. The Morgan fingerprint density at radius 2 is 2.17 bits per heavy atom. The van der Waals surface area contributed by atoms with Crippen LogP contribution in [0.4, 0.5) is 0 Å². The molecule has 2 saturated heterocycles. The molecular weight excluding hydrogens is 382 g/mol. The van der Waals surface area contributed by atoms with Crippen molar-refractivity contribution in [1.29, 1.82) is 0 Å². The highest BCUT2D eigenvalue weighted by Crippen LogP contribution is 2.50. The molecule has 2 aliphatic heterocycles. The second kappa shape index (κ2) is 7.20. The van der Waals surface area contributed by atoms with Crippen molar-refractivity contribution in [2.24, 2.45) is 11.3 Å². The Morgan fingerprint density at radius 3 is 2.83 bits per heavy atom. The van der Waals surface area contributed by atoms with Gasteiger partial charge in [-0.15, -0.1) is 11.3 Å². The Kier molecular flexibility index (Phi) is 4.78. The first-order valence-electron chi connectivity index (χ1n) is 10.9. The van der Waals surface area contributed by atoms with Gasteiger partial charge in [0, 0.05) is 49.7 Å². The zero-order chi connectivity index (χ0) is 20.2. The van der Waals surface area contributed by atoms with Gasteiger partial charge in [-0.2, -0.15) is 0 Å². The maximum absolute atomic E-state index is 13.8. The van der Waals surface area contributed by atoms with Crippen molar-refractivity contribution < 1.29 is 4.79 Å². The standard InChI is InChI=1S/C22H31N5OS/c1-15(2)27-11-20(23-14-27)19-10-25(8-17-4-5-17)13-22(19)6-7-26(21(22)28)9-18-12-29-16(3)24-18/h11-12,14-15,17,19H,4-10,13H2,1-3H3/t19-,22-/m1/s1. The monoisotopic (exact) mass is 413 g/mol. The number of carbonyl (C=O) groups is 1. The Hall–Kier alpha value is -1.73. The predicted molar refractivity (Wildman–Crippen MR) is 114 cm³/mol. The van der Waals surface area contributed by atoms with Crippen LogP contribution >= 0.6 is 11.3 Å². The molecule has 0 N–H and O–H groups in total. The van der Waals surface area contributed by atoms with E-state index < -0.39 is 0 Å². The maximum Gasteiger partial charge on any atom is 0.231 e. The lowest BCUT2D eigenvalue weighted by Crippen LogP contribution is -2.39. The van der Waals surface area contributed by atoms with Crippen LogP contribution in [0.15, 0.2) is 17.9 Å². The lowest BCUT2D eigenvalue weighted by molar-refractivity contribution is -0.136. The van der Waals surface area contributed by atoms with E-state index in [1.165, 1.54) is 12.8 Å². The lowest BCUT2D eigenvalue weighted by Gasteiger charge is -2.28. The van der Waals surface area contributed by atoms with E-state index in [0.717, 1.165) is 54.9 Å². The number of likely N-dealkylation sites (tertiary alicyclic amines) is 2. The number of thiazole rings is 1. The van der Waals surface area contributed by atoms with Crippen molar-refractivity contribution in [2.75, 3.05) is 26.2 Å². The third-order valence-electron chi connectivity index (χ3n) is 6.96. The Balaban J connectivity index is 1.41. The summed E-state index contributed by atoms with van der Waals surface area (Å²) in [6.45, 7) is 10.8. The molecule has 1 aliphatic carbocycles. The molecule has 3 aliphatic rings. The predicted octanol–water partition coefficient (Wildman–Crippen LogP) is 3.46. The minimum Gasteiger partial charge on any atom is -0.336 e. The fourth-order valence-corrected chi connectivity index (χ4v) is 5.76. The average Bonchev–Trinajstić information content (AvgIpc) is 3.04. The molecule has 2 aromatic rings. The van der Waals surface area contributed by atoms with Crippen LogP contribution in [0.25, 0.3) is 0 Å². The molecule has 3 fully saturated rings. The van der Waals surface area contributed by atoms with E-state index in [1.54, 1.807) is 11.3 Å². The van der Waals surface area contributed by atoms with Crippen LogP contribution in [-0.4, -0.2) is 56.4 Å². The van der Waals surface area contributed by atoms with E-state index in [9.17, 15) is 4.79 Å². The minimum atomic E-state index is -0.323. The summed E-state index contributed by atoms with van der Waals surface area (Å²) in [7, 11) is 0. The first kappa shape index (κ1) is 19.2. The molecule has 5 rings (SSSR count). The summed E-state index contributed by atoms with van der Waals surface area (Å²) in [5.74, 6) is 1.34. The molecule has 29 heavy (non-hydrogen) atoms. The Morgan fingerprint density at radius 1 is 1.34 bits per heavy atom. The fourth-order valence-electron chi connectivity index (χ4n) is 5.16. The van der Waals surface area contributed by atoms with Crippen LogP contribution < -0.4 is 0 Å². The van der Waals surface area contributed by atoms with Crippen molar-refractivity contribution in [3.05, 3.63) is 34.3 Å². The minimum absolute atomic E-state index is 0.191. The fraction of sp³-hybridized carbons (Fsp3) is 0.682.